The van der Waals surface area contributed by atoms with Gasteiger partial charge >= 0.3 is 0 Å². The van der Waals surface area contributed by atoms with Crippen molar-refractivity contribution in [1.82, 2.24) is 9.80 Å². The molecule has 2 aromatic rings. The number of ether oxygens (including phenoxy) is 1. The molecule has 0 atom stereocenters. The number of rotatable bonds is 12. The summed E-state index contributed by atoms with van der Waals surface area (Å²) in [4.78, 5) is 30.5. The summed E-state index contributed by atoms with van der Waals surface area (Å²) in [5.74, 6) is 0.00689. The lowest BCUT2D eigenvalue weighted by atomic mass is 10.2. The standard InChI is InChI=1S/C23H32N2O3S/c1-4-9-22(26)24(13-8-14-28-3)18-23(27)25(16-20-10-6-5-7-11-20)17-21-19(2)12-15-29-21/h5-7,10-12,15H,4,8-9,13-14,16-18H2,1-3H3. The van der Waals surface area contributed by atoms with Gasteiger partial charge in [0.1, 0.15) is 0 Å². The first-order valence-corrected chi connectivity index (χ1v) is 11.0. The Hall–Kier alpha value is -2.18. The summed E-state index contributed by atoms with van der Waals surface area (Å²) in [6.07, 6.45) is 1.96. The monoisotopic (exact) mass is 416 g/mol. The van der Waals surface area contributed by atoms with Crippen LogP contribution in [0.5, 0.6) is 0 Å². The number of carbonyl (C=O) groups excluding carboxylic acids is 2. The molecule has 158 valence electrons. The minimum atomic E-state index is -0.0245. The Bertz CT molecular complexity index is 760. The molecule has 0 aliphatic rings. The van der Waals surface area contributed by atoms with Crippen LogP contribution in [0.3, 0.4) is 0 Å². The van der Waals surface area contributed by atoms with Gasteiger partial charge in [0.25, 0.3) is 0 Å². The smallest absolute Gasteiger partial charge is 0.242 e. The maximum atomic E-state index is 13.2. The molecule has 0 aliphatic heterocycles. The maximum absolute atomic E-state index is 13.2. The molecule has 1 aromatic heterocycles. The van der Waals surface area contributed by atoms with Crippen molar-refractivity contribution in [3.8, 4) is 0 Å². The van der Waals surface area contributed by atoms with E-state index in [0.29, 0.717) is 32.7 Å². The molecule has 6 heteroatoms. The van der Waals surface area contributed by atoms with Gasteiger partial charge in [-0.3, -0.25) is 9.59 Å². The zero-order chi connectivity index (χ0) is 21.1. The fourth-order valence-electron chi connectivity index (χ4n) is 3.10. The quantitative estimate of drug-likeness (QED) is 0.486. The summed E-state index contributed by atoms with van der Waals surface area (Å²) in [5, 5.41) is 2.05. The lowest BCUT2D eigenvalue weighted by Crippen LogP contribution is -2.43. The van der Waals surface area contributed by atoms with Crippen molar-refractivity contribution in [2.24, 2.45) is 0 Å². The van der Waals surface area contributed by atoms with Crippen LogP contribution < -0.4 is 0 Å². The van der Waals surface area contributed by atoms with Gasteiger partial charge in [0.05, 0.1) is 13.1 Å². The van der Waals surface area contributed by atoms with Crippen molar-refractivity contribution in [1.29, 1.82) is 0 Å². The number of benzene rings is 1. The topological polar surface area (TPSA) is 49.9 Å². The zero-order valence-corrected chi connectivity index (χ0v) is 18.5. The molecular formula is C23H32N2O3S. The van der Waals surface area contributed by atoms with E-state index in [1.807, 2.05) is 42.2 Å². The van der Waals surface area contributed by atoms with Gasteiger partial charge < -0.3 is 14.5 Å². The van der Waals surface area contributed by atoms with E-state index in [1.165, 1.54) is 10.4 Å². The van der Waals surface area contributed by atoms with Crippen LogP contribution in [0.1, 0.15) is 42.2 Å². The predicted molar refractivity (Wildman–Crippen MR) is 118 cm³/mol. The molecule has 0 fully saturated rings. The van der Waals surface area contributed by atoms with Crippen LogP contribution in [0.15, 0.2) is 41.8 Å². The first kappa shape index (κ1) is 23.1. The molecule has 0 saturated heterocycles. The summed E-state index contributed by atoms with van der Waals surface area (Å²) >= 11 is 1.67. The molecule has 0 radical (unpaired) electrons. The molecule has 2 amide bonds. The van der Waals surface area contributed by atoms with Crippen molar-refractivity contribution in [3.05, 3.63) is 57.8 Å². The van der Waals surface area contributed by atoms with Crippen molar-refractivity contribution in [2.75, 3.05) is 26.8 Å². The molecule has 0 spiro atoms. The highest BCUT2D eigenvalue weighted by molar-refractivity contribution is 7.10. The highest BCUT2D eigenvalue weighted by Gasteiger charge is 2.22. The van der Waals surface area contributed by atoms with Gasteiger partial charge in [-0.25, -0.2) is 0 Å². The molecule has 0 saturated carbocycles. The van der Waals surface area contributed by atoms with E-state index in [0.717, 1.165) is 18.4 Å². The highest BCUT2D eigenvalue weighted by atomic mass is 32.1. The number of hydrogen-bond acceptors (Lipinski definition) is 4. The number of hydrogen-bond donors (Lipinski definition) is 0. The van der Waals surface area contributed by atoms with Gasteiger partial charge in [0.2, 0.25) is 11.8 Å². The van der Waals surface area contributed by atoms with Gasteiger partial charge in [-0.1, -0.05) is 37.3 Å². The van der Waals surface area contributed by atoms with Gasteiger partial charge in [0, 0.05) is 38.1 Å². The van der Waals surface area contributed by atoms with E-state index in [1.54, 1.807) is 23.3 Å². The van der Waals surface area contributed by atoms with Crippen LogP contribution in [-0.4, -0.2) is 48.4 Å². The molecule has 0 unspecified atom stereocenters. The minimum absolute atomic E-state index is 0.0245. The third-order valence-corrected chi connectivity index (χ3v) is 5.80. The third-order valence-electron chi connectivity index (χ3n) is 4.79. The molecule has 1 aromatic carbocycles. The van der Waals surface area contributed by atoms with Crippen LogP contribution in [0.25, 0.3) is 0 Å². The van der Waals surface area contributed by atoms with Crippen molar-refractivity contribution >= 4 is 23.2 Å². The second-order valence-electron chi connectivity index (χ2n) is 7.17. The number of carbonyl (C=O) groups is 2. The summed E-state index contributed by atoms with van der Waals surface area (Å²) in [7, 11) is 1.65. The van der Waals surface area contributed by atoms with Crippen LogP contribution >= 0.6 is 11.3 Å². The van der Waals surface area contributed by atoms with Gasteiger partial charge in [-0.15, -0.1) is 11.3 Å². The normalized spacial score (nSPS) is 10.7. The molecule has 29 heavy (non-hydrogen) atoms. The van der Waals surface area contributed by atoms with E-state index in [9.17, 15) is 9.59 Å². The van der Waals surface area contributed by atoms with Crippen LogP contribution in [0.4, 0.5) is 0 Å². The summed E-state index contributed by atoms with van der Waals surface area (Å²) < 4.78 is 5.11. The van der Waals surface area contributed by atoms with E-state index >= 15 is 0 Å². The SMILES string of the molecule is CCCC(=O)N(CCCOC)CC(=O)N(Cc1ccccc1)Cc1sccc1C. The average molecular weight is 417 g/mol. The maximum Gasteiger partial charge on any atom is 0.242 e. The first-order chi connectivity index (χ1) is 14.0. The summed E-state index contributed by atoms with van der Waals surface area (Å²) in [6.45, 7) is 6.37. The fourth-order valence-corrected chi connectivity index (χ4v) is 4.02. The van der Waals surface area contributed by atoms with Gasteiger partial charge in [-0.2, -0.15) is 0 Å². The second-order valence-corrected chi connectivity index (χ2v) is 8.17. The number of methoxy groups -OCH3 is 1. The molecule has 0 N–H and O–H groups in total. The molecule has 0 aliphatic carbocycles. The zero-order valence-electron chi connectivity index (χ0n) is 17.7. The largest absolute Gasteiger partial charge is 0.385 e. The summed E-state index contributed by atoms with van der Waals surface area (Å²) in [5.41, 5.74) is 2.28. The third kappa shape index (κ3) is 7.63. The molecule has 1 heterocycles. The van der Waals surface area contributed by atoms with Crippen LogP contribution in [0.2, 0.25) is 0 Å². The van der Waals surface area contributed by atoms with Gasteiger partial charge in [0.15, 0.2) is 0 Å². The van der Waals surface area contributed by atoms with Crippen molar-refractivity contribution in [3.63, 3.8) is 0 Å². The lowest BCUT2D eigenvalue weighted by molar-refractivity contribution is -0.141. The molecule has 2 rings (SSSR count). The van der Waals surface area contributed by atoms with Crippen molar-refractivity contribution in [2.45, 2.75) is 46.2 Å². The second kappa shape index (κ2) is 12.4. The number of amides is 2. The minimum Gasteiger partial charge on any atom is -0.385 e. The number of thiophene rings is 1. The number of nitrogens with zero attached hydrogens (tertiary/aromatic N) is 2. The fraction of sp³-hybridized carbons (Fsp3) is 0.478. The highest BCUT2D eigenvalue weighted by Crippen LogP contribution is 2.20. The Morgan fingerprint density at radius 2 is 1.79 bits per heavy atom. The van der Waals surface area contributed by atoms with E-state index < -0.39 is 0 Å². The Kier molecular flexibility index (Phi) is 9.88. The molecular weight excluding hydrogens is 384 g/mol. The Morgan fingerprint density at radius 3 is 2.41 bits per heavy atom. The van der Waals surface area contributed by atoms with Gasteiger partial charge in [-0.05, 0) is 42.3 Å². The first-order valence-electron chi connectivity index (χ1n) is 10.2. The molecule has 0 bridgehead atoms. The van der Waals surface area contributed by atoms with E-state index in [-0.39, 0.29) is 18.4 Å². The molecule has 5 nitrogen and oxygen atoms in total. The van der Waals surface area contributed by atoms with Crippen molar-refractivity contribution < 1.29 is 14.3 Å². The Balaban J connectivity index is 2.14. The Labute approximate surface area is 178 Å². The lowest BCUT2D eigenvalue weighted by Gasteiger charge is -2.28. The van der Waals surface area contributed by atoms with E-state index in [2.05, 4.69) is 18.4 Å². The van der Waals surface area contributed by atoms with Crippen LogP contribution in [-0.2, 0) is 27.4 Å². The number of aryl methyl sites for hydroxylation is 1. The predicted octanol–water partition coefficient (Wildman–Crippen LogP) is 4.25. The average Bonchev–Trinajstić information content (AvgIpc) is 3.12. The Morgan fingerprint density at radius 1 is 1.03 bits per heavy atom. The summed E-state index contributed by atoms with van der Waals surface area (Å²) in [6, 6.07) is 12.1. The van der Waals surface area contributed by atoms with E-state index in [4.69, 9.17) is 4.74 Å². The van der Waals surface area contributed by atoms with Crippen LogP contribution in [0, 0.1) is 6.92 Å².